The van der Waals surface area contributed by atoms with Crippen LogP contribution in [0.25, 0.3) is 0 Å². The van der Waals surface area contributed by atoms with E-state index in [0.717, 1.165) is 23.0 Å². The summed E-state index contributed by atoms with van der Waals surface area (Å²) in [4.78, 5) is 36.1. The van der Waals surface area contributed by atoms with Crippen LogP contribution in [-0.4, -0.2) is 27.9 Å². The fourth-order valence-electron chi connectivity index (χ4n) is 4.39. The largest absolute Gasteiger partial charge is 0.416 e. The average molecular weight is 504 g/mol. The summed E-state index contributed by atoms with van der Waals surface area (Å²) in [6, 6.07) is 2.52. The molecular weight excluding hydrogens is 482 g/mol. The number of halogens is 6. The minimum Gasteiger partial charge on any atom is -0.339 e. The molecule has 1 N–H and O–H groups in total. The van der Waals surface area contributed by atoms with Crippen LogP contribution in [0.3, 0.4) is 0 Å². The van der Waals surface area contributed by atoms with Crippen LogP contribution in [0.5, 0.6) is 0 Å². The van der Waals surface area contributed by atoms with Gasteiger partial charge < -0.3 is 5.32 Å². The predicted octanol–water partition coefficient (Wildman–Crippen LogP) is 5.24. The van der Waals surface area contributed by atoms with E-state index in [1.165, 1.54) is 19.1 Å². The molecule has 1 aromatic carbocycles. The van der Waals surface area contributed by atoms with Crippen LogP contribution in [0.4, 0.5) is 32.0 Å². The Hall–Kier alpha value is -3.25. The van der Waals surface area contributed by atoms with Gasteiger partial charge in [0.25, 0.3) is 5.91 Å². The van der Waals surface area contributed by atoms with Crippen molar-refractivity contribution in [2.75, 3.05) is 0 Å². The third-order valence-electron chi connectivity index (χ3n) is 6.20. The number of alkyl halides is 6. The molecule has 1 fully saturated rings. The minimum atomic E-state index is -4.78. The molecule has 1 amide bonds. The molecule has 0 spiro atoms. The first-order valence-electron chi connectivity index (χ1n) is 10.8. The highest BCUT2D eigenvalue weighted by atomic mass is 19.4. The van der Waals surface area contributed by atoms with Gasteiger partial charge in [0.05, 0.1) is 18.3 Å². The molecule has 1 aliphatic rings. The van der Waals surface area contributed by atoms with Crippen molar-refractivity contribution >= 4 is 11.6 Å². The van der Waals surface area contributed by atoms with Crippen LogP contribution >= 0.6 is 0 Å². The van der Waals surface area contributed by atoms with Gasteiger partial charge in [0.15, 0.2) is 11.4 Å². The van der Waals surface area contributed by atoms with Gasteiger partial charge in [-0.15, -0.1) is 4.91 Å². The maximum Gasteiger partial charge on any atom is 0.416 e. The van der Waals surface area contributed by atoms with Crippen LogP contribution in [0, 0.1) is 4.91 Å². The highest BCUT2D eigenvalue weighted by Crippen LogP contribution is 2.44. The molecule has 0 aliphatic heterocycles. The van der Waals surface area contributed by atoms with Crippen molar-refractivity contribution in [3.8, 4) is 0 Å². The highest BCUT2D eigenvalue weighted by Gasteiger charge is 2.41. The topological polar surface area (TPSA) is 93.4 Å². The highest BCUT2D eigenvalue weighted by molar-refractivity contribution is 5.92. The van der Waals surface area contributed by atoms with Gasteiger partial charge in [-0.1, -0.05) is 38.0 Å². The molecule has 1 atom stereocenters. The zero-order chi connectivity index (χ0) is 26.0. The first-order valence-corrected chi connectivity index (χ1v) is 10.8. The van der Waals surface area contributed by atoms with E-state index >= 15 is 0 Å². The molecule has 0 radical (unpaired) electrons. The third-order valence-corrected chi connectivity index (χ3v) is 6.20. The Balaban J connectivity index is 2.02. The normalized spacial score (nSPS) is 16.7. The van der Waals surface area contributed by atoms with Gasteiger partial charge in [0.2, 0.25) is 5.43 Å². The predicted molar refractivity (Wildman–Crippen MR) is 113 cm³/mol. The summed E-state index contributed by atoms with van der Waals surface area (Å²) in [6.45, 7) is 1.07. The molecule has 1 heterocycles. The third kappa shape index (κ3) is 5.70. The fraction of sp³-hybridized carbons (Fsp3) is 0.500. The Morgan fingerprint density at radius 2 is 1.86 bits per heavy atom. The van der Waals surface area contributed by atoms with Gasteiger partial charge in [0, 0.05) is 5.41 Å². The van der Waals surface area contributed by atoms with Crippen molar-refractivity contribution in [3.63, 3.8) is 0 Å². The number of nitroso groups, excluding NO2 is 1. The number of carbonyl (C=O) groups excluding carboxylic acids is 1. The lowest BCUT2D eigenvalue weighted by Gasteiger charge is -2.31. The maximum absolute atomic E-state index is 13.3. The number of rotatable bonds is 7. The number of hydrogen-bond donors (Lipinski definition) is 1. The quantitative estimate of drug-likeness (QED) is 0.412. The molecule has 0 bridgehead atoms. The standard InChI is InChI=1S/C22H22F6N4O3/c1-2-16(22(26,27)28)29-19(34)17-18(33)15(31-35)11-32(30-17)12-20(8-3-4-9-20)13-6-5-7-14(10-13)21(23,24)25/h5-7,10-11,16H,2-4,8-9,12H2,1H3,(H,29,34). The molecular formula is C22H22F6N4O3. The number of carbonyl (C=O) groups is 1. The Kier molecular flexibility index (Phi) is 7.37. The lowest BCUT2D eigenvalue weighted by molar-refractivity contribution is -0.153. The molecule has 7 nitrogen and oxygen atoms in total. The van der Waals surface area contributed by atoms with Crippen molar-refractivity contribution in [1.82, 2.24) is 15.1 Å². The van der Waals surface area contributed by atoms with Crippen LogP contribution in [0.15, 0.2) is 40.4 Å². The van der Waals surface area contributed by atoms with Crippen molar-refractivity contribution in [2.45, 2.75) is 69.4 Å². The van der Waals surface area contributed by atoms with Crippen LogP contribution in [0.1, 0.15) is 60.6 Å². The van der Waals surface area contributed by atoms with E-state index in [9.17, 15) is 40.8 Å². The molecule has 1 saturated carbocycles. The zero-order valence-electron chi connectivity index (χ0n) is 18.5. The molecule has 1 aromatic heterocycles. The molecule has 2 aromatic rings. The van der Waals surface area contributed by atoms with Gasteiger partial charge in [-0.2, -0.15) is 31.4 Å². The zero-order valence-corrected chi connectivity index (χ0v) is 18.5. The maximum atomic E-state index is 13.3. The second kappa shape index (κ2) is 9.78. The molecule has 0 saturated heterocycles. The number of nitrogens with one attached hydrogen (secondary N) is 1. The van der Waals surface area contributed by atoms with Gasteiger partial charge in [-0.3, -0.25) is 14.3 Å². The average Bonchev–Trinajstić information content (AvgIpc) is 3.26. The Bertz CT molecular complexity index is 1150. The Morgan fingerprint density at radius 1 is 1.20 bits per heavy atom. The van der Waals surface area contributed by atoms with Crippen LogP contribution in [0.2, 0.25) is 0 Å². The van der Waals surface area contributed by atoms with E-state index in [1.807, 2.05) is 0 Å². The van der Waals surface area contributed by atoms with Crippen LogP contribution in [-0.2, 0) is 18.1 Å². The number of nitrogens with zero attached hydrogens (tertiary/aromatic N) is 3. The number of hydrogen-bond acceptors (Lipinski definition) is 5. The summed E-state index contributed by atoms with van der Waals surface area (Å²) in [5.41, 5.74) is -4.30. The van der Waals surface area contributed by atoms with Gasteiger partial charge >= 0.3 is 12.4 Å². The minimum absolute atomic E-state index is 0.117. The lowest BCUT2D eigenvalue weighted by Crippen LogP contribution is -2.46. The van der Waals surface area contributed by atoms with Crippen molar-refractivity contribution in [3.05, 3.63) is 62.4 Å². The molecule has 3 rings (SSSR count). The summed E-state index contributed by atoms with van der Waals surface area (Å²) >= 11 is 0. The number of aromatic nitrogens is 2. The van der Waals surface area contributed by atoms with E-state index in [4.69, 9.17) is 0 Å². The van der Waals surface area contributed by atoms with E-state index < -0.39 is 58.5 Å². The molecule has 35 heavy (non-hydrogen) atoms. The molecule has 190 valence electrons. The van der Waals surface area contributed by atoms with E-state index in [2.05, 4.69) is 10.3 Å². The first kappa shape index (κ1) is 26.4. The first-order chi connectivity index (χ1) is 16.3. The second-order valence-electron chi connectivity index (χ2n) is 8.52. The summed E-state index contributed by atoms with van der Waals surface area (Å²) in [6.07, 6.45) is -6.62. The number of amides is 1. The Morgan fingerprint density at radius 3 is 2.40 bits per heavy atom. The molecule has 1 unspecified atom stereocenters. The van der Waals surface area contributed by atoms with Gasteiger partial charge in [0.1, 0.15) is 6.04 Å². The summed E-state index contributed by atoms with van der Waals surface area (Å²) in [7, 11) is 0. The van der Waals surface area contributed by atoms with E-state index in [1.54, 1.807) is 5.32 Å². The van der Waals surface area contributed by atoms with E-state index in [0.29, 0.717) is 31.2 Å². The summed E-state index contributed by atoms with van der Waals surface area (Å²) in [5, 5.41) is 8.12. The molecule has 13 heteroatoms. The fourth-order valence-corrected chi connectivity index (χ4v) is 4.39. The van der Waals surface area contributed by atoms with E-state index in [-0.39, 0.29) is 6.54 Å². The summed E-state index contributed by atoms with van der Waals surface area (Å²) in [5.74, 6) is -1.43. The summed E-state index contributed by atoms with van der Waals surface area (Å²) < 4.78 is 80.1. The molecule has 1 aliphatic carbocycles. The van der Waals surface area contributed by atoms with Crippen LogP contribution < -0.4 is 10.7 Å². The van der Waals surface area contributed by atoms with Crippen molar-refractivity contribution < 1.29 is 31.1 Å². The van der Waals surface area contributed by atoms with Gasteiger partial charge in [-0.05, 0) is 36.1 Å². The smallest absolute Gasteiger partial charge is 0.339 e. The van der Waals surface area contributed by atoms with Gasteiger partial charge in [-0.25, -0.2) is 0 Å². The Labute approximate surface area is 195 Å². The SMILES string of the molecule is CCC(NC(=O)c1nn(CC2(c3cccc(C(F)(F)F)c3)CCCC2)cc(N=O)c1=O)C(F)(F)F. The van der Waals surface area contributed by atoms with Crippen molar-refractivity contribution in [1.29, 1.82) is 0 Å². The van der Waals surface area contributed by atoms with Crippen molar-refractivity contribution in [2.24, 2.45) is 5.18 Å². The lowest BCUT2D eigenvalue weighted by atomic mass is 9.78. The monoisotopic (exact) mass is 504 g/mol. The number of benzene rings is 1. The second-order valence-corrected chi connectivity index (χ2v) is 8.52.